The second-order valence-electron chi connectivity index (χ2n) is 5.85. The number of carbonyl (C=O) groups excluding carboxylic acids is 1. The first kappa shape index (κ1) is 14.5. The molecule has 1 aromatic carbocycles. The number of nitrogens with zero attached hydrogens (tertiary/aromatic N) is 2. The molecule has 0 radical (unpaired) electrons. The third-order valence-corrected chi connectivity index (χ3v) is 4.17. The number of hydrogen-bond donors (Lipinski definition) is 6. The van der Waals surface area contributed by atoms with E-state index in [1.54, 1.807) is 0 Å². The SMILES string of the molecule is NC(=O)c1cnc(Nc2ccc3c(c2)NNN3)nc1NC1CCC1. The van der Waals surface area contributed by atoms with Gasteiger partial charge in [-0.25, -0.2) is 4.98 Å². The maximum absolute atomic E-state index is 11.6. The van der Waals surface area contributed by atoms with Gasteiger partial charge >= 0.3 is 0 Å². The van der Waals surface area contributed by atoms with E-state index >= 15 is 0 Å². The molecular weight excluding hydrogens is 308 g/mol. The lowest BCUT2D eigenvalue weighted by molar-refractivity contribution is 0.100. The van der Waals surface area contributed by atoms with Crippen molar-refractivity contribution in [1.82, 2.24) is 15.5 Å². The number of anilines is 5. The number of fused-ring (bicyclic) bond motifs is 1. The molecule has 7 N–H and O–H groups in total. The van der Waals surface area contributed by atoms with E-state index in [1.165, 1.54) is 12.6 Å². The van der Waals surface area contributed by atoms with Gasteiger partial charge in [-0.1, -0.05) is 0 Å². The molecule has 1 aliphatic heterocycles. The first-order valence-electron chi connectivity index (χ1n) is 7.80. The molecule has 1 saturated carbocycles. The van der Waals surface area contributed by atoms with Crippen molar-refractivity contribution >= 4 is 34.7 Å². The minimum absolute atomic E-state index is 0.302. The molecule has 1 aromatic heterocycles. The second-order valence-corrected chi connectivity index (χ2v) is 5.85. The summed E-state index contributed by atoms with van der Waals surface area (Å²) in [4.78, 5) is 20.2. The number of primary amides is 1. The summed E-state index contributed by atoms with van der Waals surface area (Å²) in [5, 5.41) is 6.41. The fourth-order valence-corrected chi connectivity index (χ4v) is 2.61. The molecule has 0 atom stereocenters. The van der Waals surface area contributed by atoms with Gasteiger partial charge in [0.15, 0.2) is 0 Å². The standard InChI is InChI=1S/C15H18N8O/c16-13(24)10-7-17-15(20-14(10)18-8-2-1-3-8)19-9-4-5-11-12(6-9)22-23-21-11/h4-8,21-23H,1-3H2,(H2,16,24)(H2,17,18,19,20). The van der Waals surface area contributed by atoms with Crippen molar-refractivity contribution in [1.29, 1.82) is 0 Å². The minimum Gasteiger partial charge on any atom is -0.367 e. The number of benzene rings is 1. The Morgan fingerprint density at radius 1 is 1.25 bits per heavy atom. The van der Waals surface area contributed by atoms with Crippen molar-refractivity contribution in [2.75, 3.05) is 21.5 Å². The Morgan fingerprint density at radius 3 is 2.83 bits per heavy atom. The average Bonchev–Trinajstić information content (AvgIpc) is 2.98. The third-order valence-electron chi connectivity index (χ3n) is 4.17. The highest BCUT2D eigenvalue weighted by atomic mass is 16.1. The van der Waals surface area contributed by atoms with Crippen molar-refractivity contribution in [2.45, 2.75) is 25.3 Å². The molecule has 9 nitrogen and oxygen atoms in total. The van der Waals surface area contributed by atoms with Crippen molar-refractivity contribution < 1.29 is 4.79 Å². The monoisotopic (exact) mass is 326 g/mol. The normalized spacial score (nSPS) is 15.7. The molecule has 0 saturated heterocycles. The molecule has 9 heteroatoms. The molecule has 4 rings (SSSR count). The van der Waals surface area contributed by atoms with Gasteiger partial charge in [-0.2, -0.15) is 4.98 Å². The van der Waals surface area contributed by atoms with Gasteiger partial charge < -0.3 is 27.2 Å². The van der Waals surface area contributed by atoms with E-state index in [0.717, 1.165) is 29.9 Å². The van der Waals surface area contributed by atoms with Crippen LogP contribution in [-0.4, -0.2) is 21.9 Å². The first-order chi connectivity index (χ1) is 11.7. The van der Waals surface area contributed by atoms with E-state index in [4.69, 9.17) is 5.73 Å². The number of hydrazine groups is 2. The summed E-state index contributed by atoms with van der Waals surface area (Å²) >= 11 is 0. The largest absolute Gasteiger partial charge is 0.367 e. The molecule has 2 aromatic rings. The van der Waals surface area contributed by atoms with E-state index < -0.39 is 5.91 Å². The summed E-state index contributed by atoms with van der Waals surface area (Å²) in [6.07, 6.45) is 4.78. The van der Waals surface area contributed by atoms with Crippen molar-refractivity contribution in [2.24, 2.45) is 5.73 Å². The predicted octanol–water partition coefficient (Wildman–Crippen LogP) is 1.54. The summed E-state index contributed by atoms with van der Waals surface area (Å²) in [5.41, 5.74) is 17.2. The van der Waals surface area contributed by atoms with Crippen LogP contribution in [0.4, 0.5) is 28.8 Å². The van der Waals surface area contributed by atoms with Crippen LogP contribution in [0, 0.1) is 0 Å². The topological polar surface area (TPSA) is 129 Å². The fourth-order valence-electron chi connectivity index (χ4n) is 2.61. The zero-order chi connectivity index (χ0) is 16.5. The molecule has 0 bridgehead atoms. The molecule has 0 unspecified atom stereocenters. The molecule has 24 heavy (non-hydrogen) atoms. The number of hydrogen-bond acceptors (Lipinski definition) is 8. The number of nitrogens with one attached hydrogen (secondary N) is 5. The minimum atomic E-state index is -0.540. The summed E-state index contributed by atoms with van der Waals surface area (Å²) in [5.74, 6) is 0.343. The molecule has 2 aliphatic rings. The summed E-state index contributed by atoms with van der Waals surface area (Å²) in [7, 11) is 0. The molecule has 1 aliphatic carbocycles. The van der Waals surface area contributed by atoms with Crippen molar-refractivity contribution in [3.63, 3.8) is 0 Å². The van der Waals surface area contributed by atoms with Crippen LogP contribution >= 0.6 is 0 Å². The van der Waals surface area contributed by atoms with E-state index in [0.29, 0.717) is 23.4 Å². The lowest BCUT2D eigenvalue weighted by Gasteiger charge is -2.27. The Kier molecular flexibility index (Phi) is 3.54. The van der Waals surface area contributed by atoms with Gasteiger partial charge in [0, 0.05) is 17.9 Å². The van der Waals surface area contributed by atoms with E-state index in [1.807, 2.05) is 18.2 Å². The van der Waals surface area contributed by atoms with Crippen LogP contribution in [0.3, 0.4) is 0 Å². The van der Waals surface area contributed by atoms with Crippen LogP contribution in [0.5, 0.6) is 0 Å². The van der Waals surface area contributed by atoms with Gasteiger partial charge in [0.2, 0.25) is 5.95 Å². The molecule has 124 valence electrons. The van der Waals surface area contributed by atoms with Crippen LogP contribution in [0.1, 0.15) is 29.6 Å². The van der Waals surface area contributed by atoms with Gasteiger partial charge in [0.25, 0.3) is 5.91 Å². The van der Waals surface area contributed by atoms with Crippen LogP contribution in [-0.2, 0) is 0 Å². The Labute approximate surface area is 138 Å². The highest BCUT2D eigenvalue weighted by Crippen LogP contribution is 2.29. The number of amides is 1. The molecule has 2 heterocycles. The van der Waals surface area contributed by atoms with Crippen LogP contribution in [0.2, 0.25) is 0 Å². The Balaban J connectivity index is 1.58. The van der Waals surface area contributed by atoms with E-state index in [-0.39, 0.29) is 0 Å². The van der Waals surface area contributed by atoms with Gasteiger partial charge in [-0.05, 0) is 37.5 Å². The number of rotatable bonds is 5. The number of aromatic nitrogens is 2. The average molecular weight is 326 g/mol. The van der Waals surface area contributed by atoms with Crippen molar-refractivity contribution in [3.8, 4) is 0 Å². The quantitative estimate of drug-likeness (QED) is 0.488. The van der Waals surface area contributed by atoms with Crippen molar-refractivity contribution in [3.05, 3.63) is 30.0 Å². The Hall–Kier alpha value is -3.07. The van der Waals surface area contributed by atoms with Gasteiger partial charge in [0.05, 0.1) is 16.9 Å². The van der Waals surface area contributed by atoms with Crippen LogP contribution in [0.15, 0.2) is 24.4 Å². The zero-order valence-corrected chi connectivity index (χ0v) is 12.9. The molecule has 0 spiro atoms. The fraction of sp³-hybridized carbons (Fsp3) is 0.267. The van der Waals surface area contributed by atoms with Crippen LogP contribution in [0.25, 0.3) is 0 Å². The summed E-state index contributed by atoms with van der Waals surface area (Å²) < 4.78 is 0. The van der Waals surface area contributed by atoms with E-state index in [9.17, 15) is 4.79 Å². The first-order valence-corrected chi connectivity index (χ1v) is 7.80. The van der Waals surface area contributed by atoms with Gasteiger partial charge in [0.1, 0.15) is 5.82 Å². The smallest absolute Gasteiger partial charge is 0.254 e. The van der Waals surface area contributed by atoms with E-state index in [2.05, 4.69) is 37.0 Å². The third kappa shape index (κ3) is 2.76. The Morgan fingerprint density at radius 2 is 2.08 bits per heavy atom. The lowest BCUT2D eigenvalue weighted by atomic mass is 9.93. The van der Waals surface area contributed by atoms with Gasteiger partial charge in [-0.3, -0.25) is 4.79 Å². The highest BCUT2D eigenvalue weighted by molar-refractivity contribution is 5.97. The predicted molar refractivity (Wildman–Crippen MR) is 91.9 cm³/mol. The zero-order valence-electron chi connectivity index (χ0n) is 12.9. The lowest BCUT2D eigenvalue weighted by Crippen LogP contribution is -2.29. The summed E-state index contributed by atoms with van der Waals surface area (Å²) in [6.45, 7) is 0. The maximum Gasteiger partial charge on any atom is 0.254 e. The maximum atomic E-state index is 11.6. The molecule has 1 fully saturated rings. The van der Waals surface area contributed by atoms with Crippen LogP contribution < -0.4 is 32.8 Å². The number of carbonyl (C=O) groups is 1. The second kappa shape index (κ2) is 5.85. The number of nitrogens with two attached hydrogens (primary N) is 1. The molecular formula is C15H18N8O. The molecule has 1 amide bonds. The summed E-state index contributed by atoms with van der Waals surface area (Å²) in [6, 6.07) is 6.10. The Bertz CT molecular complexity index is 789. The highest BCUT2D eigenvalue weighted by Gasteiger charge is 2.21. The van der Waals surface area contributed by atoms with Gasteiger partial charge in [-0.15, -0.1) is 5.53 Å².